The van der Waals surface area contributed by atoms with Crippen LogP contribution in [0.15, 0.2) is 53.4 Å². The average molecular weight is 547 g/mol. The fourth-order valence-corrected chi connectivity index (χ4v) is 5.97. The molecule has 0 bridgehead atoms. The fourth-order valence-electron chi connectivity index (χ4n) is 4.01. The van der Waals surface area contributed by atoms with Crippen molar-refractivity contribution in [2.75, 3.05) is 39.5 Å². The lowest BCUT2D eigenvalue weighted by molar-refractivity contribution is -0.153. The Kier molecular flexibility index (Phi) is 9.40. The van der Waals surface area contributed by atoms with E-state index in [0.29, 0.717) is 38.6 Å². The highest BCUT2D eigenvalue weighted by atomic mass is 32.2. The molecule has 0 spiro atoms. The van der Waals surface area contributed by atoms with Gasteiger partial charge in [-0.3, -0.25) is 10.0 Å². The van der Waals surface area contributed by atoms with E-state index < -0.39 is 33.3 Å². The van der Waals surface area contributed by atoms with Crippen LogP contribution < -0.4 is 15.0 Å². The number of sulfone groups is 1. The first kappa shape index (κ1) is 28.7. The number of nitrogens with zero attached hydrogens (tertiary/aromatic N) is 1. The summed E-state index contributed by atoms with van der Waals surface area (Å²) < 4.78 is 77.7. The molecule has 1 fully saturated rings. The van der Waals surface area contributed by atoms with Crippen LogP contribution in [0.3, 0.4) is 0 Å². The third-order valence-corrected chi connectivity index (χ3v) is 8.56. The van der Waals surface area contributed by atoms with Crippen LogP contribution in [0, 0.1) is 0 Å². The highest BCUT2D eigenvalue weighted by Gasteiger charge is 2.52. The van der Waals surface area contributed by atoms with Gasteiger partial charge in [0.15, 0.2) is 21.2 Å². The normalized spacial score (nSPS) is 16.2. The van der Waals surface area contributed by atoms with E-state index in [9.17, 15) is 31.6 Å². The molecule has 3 rings (SSSR count). The second-order valence-corrected chi connectivity index (χ2v) is 10.7. The van der Waals surface area contributed by atoms with E-state index in [1.54, 1.807) is 0 Å². The number of alkyl halides is 3. The minimum atomic E-state index is -4.45. The van der Waals surface area contributed by atoms with Gasteiger partial charge in [-0.05, 0) is 68.3 Å². The summed E-state index contributed by atoms with van der Waals surface area (Å²) in [6.07, 6.45) is -4.46. The number of rotatable bonds is 11. The monoisotopic (exact) mass is 546 g/mol. The summed E-state index contributed by atoms with van der Waals surface area (Å²) in [5.41, 5.74) is 1.53. The van der Waals surface area contributed by atoms with E-state index in [4.69, 9.17) is 9.47 Å². The number of hydroxylamine groups is 1. The van der Waals surface area contributed by atoms with Gasteiger partial charge in [0.25, 0.3) is 5.91 Å². The second kappa shape index (κ2) is 12.1. The molecule has 1 aliphatic rings. The summed E-state index contributed by atoms with van der Waals surface area (Å²) >= 11 is 0. The highest BCUT2D eigenvalue weighted by Crippen LogP contribution is 2.37. The number of ether oxygens (including phenoxy) is 3. The van der Waals surface area contributed by atoms with Gasteiger partial charge in [-0.1, -0.05) is 0 Å². The summed E-state index contributed by atoms with van der Waals surface area (Å²) in [6.45, 7) is 2.81. The van der Waals surface area contributed by atoms with Gasteiger partial charge < -0.3 is 19.1 Å². The van der Waals surface area contributed by atoms with Gasteiger partial charge in [0.1, 0.15) is 17.2 Å². The van der Waals surface area contributed by atoms with E-state index in [-0.39, 0.29) is 29.2 Å². The van der Waals surface area contributed by atoms with Gasteiger partial charge in [0.2, 0.25) is 0 Å². The molecule has 0 atom stereocenters. The van der Waals surface area contributed by atoms with Crippen molar-refractivity contribution in [2.45, 2.75) is 35.6 Å². The van der Waals surface area contributed by atoms with Crippen LogP contribution in [0.2, 0.25) is 0 Å². The third-order valence-electron chi connectivity index (χ3n) is 6.05. The van der Waals surface area contributed by atoms with Gasteiger partial charge in [0, 0.05) is 26.2 Å². The van der Waals surface area contributed by atoms with E-state index in [0.717, 1.165) is 0 Å². The molecule has 0 aromatic heterocycles. The summed E-state index contributed by atoms with van der Waals surface area (Å²) in [7, 11) is -4.19. The lowest BCUT2D eigenvalue weighted by Crippen LogP contribution is -2.58. The van der Waals surface area contributed by atoms with Crippen molar-refractivity contribution in [1.29, 1.82) is 0 Å². The number of likely N-dealkylation sites (tertiary alicyclic amines) is 1. The SMILES string of the molecule is CCOCCN1CCC(C(=O)NO)(S(=O)(=O)c2ccc(Oc3ccc(OCC(F)(F)F)cc3)cc2)CC1. The lowest BCUT2D eigenvalue weighted by Gasteiger charge is -2.39. The first-order valence-corrected chi connectivity index (χ1v) is 13.1. The zero-order chi connectivity index (χ0) is 27.1. The van der Waals surface area contributed by atoms with Crippen LogP contribution in [-0.2, 0) is 19.4 Å². The fraction of sp³-hybridized carbons (Fsp3) is 0.458. The minimum Gasteiger partial charge on any atom is -0.484 e. The molecule has 2 N–H and O–H groups in total. The van der Waals surface area contributed by atoms with Gasteiger partial charge in [0.05, 0.1) is 11.5 Å². The zero-order valence-corrected chi connectivity index (χ0v) is 21.0. The smallest absolute Gasteiger partial charge is 0.422 e. The molecule has 1 aliphatic heterocycles. The summed E-state index contributed by atoms with van der Waals surface area (Å²) in [5, 5.41) is 9.32. The van der Waals surface area contributed by atoms with Crippen molar-refractivity contribution >= 4 is 15.7 Å². The molecule has 1 heterocycles. The van der Waals surface area contributed by atoms with E-state index >= 15 is 0 Å². The molecule has 13 heteroatoms. The maximum atomic E-state index is 13.6. The van der Waals surface area contributed by atoms with Crippen molar-refractivity contribution in [1.82, 2.24) is 10.4 Å². The molecule has 9 nitrogen and oxygen atoms in total. The van der Waals surface area contributed by atoms with Gasteiger partial charge >= 0.3 is 6.18 Å². The predicted octanol–water partition coefficient (Wildman–Crippen LogP) is 3.57. The number of benzene rings is 2. The number of halogens is 3. The van der Waals surface area contributed by atoms with E-state index in [1.165, 1.54) is 54.0 Å². The van der Waals surface area contributed by atoms with Crippen LogP contribution in [0.25, 0.3) is 0 Å². The number of amides is 1. The Morgan fingerprint density at radius 1 is 1.03 bits per heavy atom. The molecule has 0 saturated carbocycles. The van der Waals surface area contributed by atoms with Crippen LogP contribution >= 0.6 is 0 Å². The molecule has 2 aromatic rings. The molecule has 0 unspecified atom stereocenters. The molecule has 1 saturated heterocycles. The number of carbonyl (C=O) groups excluding carboxylic acids is 1. The van der Waals surface area contributed by atoms with Gasteiger partial charge in [-0.15, -0.1) is 0 Å². The van der Waals surface area contributed by atoms with E-state index in [2.05, 4.69) is 4.74 Å². The maximum absolute atomic E-state index is 13.6. The predicted molar refractivity (Wildman–Crippen MR) is 127 cm³/mol. The largest absolute Gasteiger partial charge is 0.484 e. The summed E-state index contributed by atoms with van der Waals surface area (Å²) in [5.74, 6) is -0.396. The van der Waals surface area contributed by atoms with Crippen molar-refractivity contribution in [3.05, 3.63) is 48.5 Å². The number of hydrogen-bond donors (Lipinski definition) is 2. The maximum Gasteiger partial charge on any atom is 0.422 e. The Bertz CT molecular complexity index is 1130. The number of carbonyl (C=O) groups is 1. The molecule has 1 amide bonds. The van der Waals surface area contributed by atoms with Crippen molar-refractivity contribution in [3.63, 3.8) is 0 Å². The molecule has 0 aliphatic carbocycles. The first-order chi connectivity index (χ1) is 17.5. The van der Waals surface area contributed by atoms with Crippen molar-refractivity contribution < 1.29 is 45.8 Å². The standard InChI is InChI=1S/C24H29F3N2O7S/c1-2-34-16-15-29-13-11-23(12-14-29,22(30)28-31)37(32,33)21-9-7-20(8-10-21)36-19-5-3-18(4-6-19)35-17-24(25,26)27/h3-10,31H,2,11-17H2,1H3,(H,28,30). The highest BCUT2D eigenvalue weighted by molar-refractivity contribution is 7.93. The number of nitrogens with one attached hydrogen (secondary N) is 1. The van der Waals surface area contributed by atoms with Gasteiger partial charge in [-0.25, -0.2) is 13.9 Å². The molecule has 0 radical (unpaired) electrons. The number of hydrogen-bond acceptors (Lipinski definition) is 8. The Hall–Kier alpha value is -2.87. The van der Waals surface area contributed by atoms with Crippen molar-refractivity contribution in [2.24, 2.45) is 0 Å². The Balaban J connectivity index is 1.70. The van der Waals surface area contributed by atoms with Gasteiger partial charge in [-0.2, -0.15) is 13.2 Å². The molecular weight excluding hydrogens is 517 g/mol. The first-order valence-electron chi connectivity index (χ1n) is 11.6. The number of piperidine rings is 1. The zero-order valence-electron chi connectivity index (χ0n) is 20.2. The average Bonchev–Trinajstić information content (AvgIpc) is 2.88. The van der Waals surface area contributed by atoms with Crippen LogP contribution in [0.4, 0.5) is 13.2 Å². The summed E-state index contributed by atoms with van der Waals surface area (Å²) in [6, 6.07) is 10.9. The quantitative estimate of drug-likeness (QED) is 0.250. The lowest BCUT2D eigenvalue weighted by atomic mass is 9.95. The molecule has 204 valence electrons. The topological polar surface area (TPSA) is 114 Å². The molecule has 37 heavy (non-hydrogen) atoms. The minimum absolute atomic E-state index is 0.00510. The third kappa shape index (κ3) is 7.12. The van der Waals surface area contributed by atoms with Crippen molar-refractivity contribution in [3.8, 4) is 17.2 Å². The molecule has 2 aromatic carbocycles. The molecular formula is C24H29F3N2O7S. The van der Waals surface area contributed by atoms with Crippen LogP contribution in [0.5, 0.6) is 17.2 Å². The summed E-state index contributed by atoms with van der Waals surface area (Å²) in [4.78, 5) is 14.5. The Morgan fingerprint density at radius 3 is 2.08 bits per heavy atom. The Labute approximate surface area is 213 Å². The second-order valence-electron chi connectivity index (χ2n) is 8.43. The van der Waals surface area contributed by atoms with E-state index in [1.807, 2.05) is 11.8 Å². The van der Waals surface area contributed by atoms with Crippen LogP contribution in [-0.4, -0.2) is 74.8 Å². The Morgan fingerprint density at radius 2 is 1.57 bits per heavy atom. The van der Waals surface area contributed by atoms with Crippen LogP contribution in [0.1, 0.15) is 19.8 Å².